The molecule has 1 fully saturated rings. The predicted octanol–water partition coefficient (Wildman–Crippen LogP) is 1.41. The predicted molar refractivity (Wildman–Crippen MR) is 112 cm³/mol. The molecule has 1 unspecified atom stereocenters. The van der Waals surface area contributed by atoms with E-state index in [0.717, 1.165) is 49.0 Å². The Balaban J connectivity index is 1.91. The van der Waals surface area contributed by atoms with Crippen molar-refractivity contribution in [1.29, 1.82) is 10.5 Å². The molecule has 4 rings (SSSR count). The van der Waals surface area contributed by atoms with Gasteiger partial charge in [0.15, 0.2) is 0 Å². The summed E-state index contributed by atoms with van der Waals surface area (Å²) >= 11 is 0. The third kappa shape index (κ3) is 3.11. The molecule has 0 aliphatic carbocycles. The molecule has 1 aliphatic heterocycles. The van der Waals surface area contributed by atoms with E-state index in [0.29, 0.717) is 28.4 Å². The lowest BCUT2D eigenvalue weighted by atomic mass is 9.90. The van der Waals surface area contributed by atoms with Crippen LogP contribution in [0.5, 0.6) is 0 Å². The Morgan fingerprint density at radius 1 is 1.21 bits per heavy atom. The molecule has 7 heteroatoms. The number of hydrogen-bond acceptors (Lipinski definition) is 5. The lowest BCUT2D eigenvalue weighted by molar-refractivity contribution is 0.392. The number of fused-ring (bicyclic) bond motifs is 1. The van der Waals surface area contributed by atoms with Crippen molar-refractivity contribution >= 4 is 24.6 Å². The molecule has 2 N–H and O–H groups in total. The summed E-state index contributed by atoms with van der Waals surface area (Å²) < 4.78 is 1.72. The molecule has 0 bridgehead atoms. The number of anilines is 1. The highest BCUT2D eigenvalue weighted by Gasteiger charge is 2.23. The number of nitrogens with one attached hydrogen (secondary N) is 2. The van der Waals surface area contributed by atoms with E-state index in [1.807, 2.05) is 38.2 Å². The largest absolute Gasteiger partial charge is 0.369 e. The molecule has 138 valence electrons. The highest BCUT2D eigenvalue weighted by atomic mass is 15.3. The number of pyridine rings is 1. The van der Waals surface area contributed by atoms with Crippen LogP contribution in [0.15, 0.2) is 36.5 Å². The Kier molecular flexibility index (Phi) is 5.01. The number of nitriles is 2. The van der Waals surface area contributed by atoms with E-state index in [9.17, 15) is 10.5 Å². The summed E-state index contributed by atoms with van der Waals surface area (Å²) in [5.74, 6) is 1.16. The van der Waals surface area contributed by atoms with Crippen LogP contribution >= 0.6 is 0 Å². The number of nitrogens with zero attached hydrogens (tertiary/aromatic N) is 4. The maximum Gasteiger partial charge on any atom is 0.146 e. The number of piperidine rings is 1. The summed E-state index contributed by atoms with van der Waals surface area (Å²) in [6, 6.07) is 14.3. The lowest BCUT2D eigenvalue weighted by Gasteiger charge is -2.24. The quantitative estimate of drug-likeness (QED) is 0.680. The van der Waals surface area contributed by atoms with Crippen molar-refractivity contribution in [2.24, 2.45) is 5.92 Å². The zero-order valence-corrected chi connectivity index (χ0v) is 15.9. The van der Waals surface area contributed by atoms with E-state index >= 15 is 0 Å². The van der Waals surface area contributed by atoms with Crippen molar-refractivity contribution in [3.8, 4) is 23.3 Å². The van der Waals surface area contributed by atoms with Gasteiger partial charge in [-0.1, -0.05) is 30.3 Å². The van der Waals surface area contributed by atoms with Gasteiger partial charge in [-0.25, -0.2) is 4.52 Å². The second-order valence-corrected chi connectivity index (χ2v) is 7.24. The molecular formula is C21H21BN6. The van der Waals surface area contributed by atoms with Crippen LogP contribution in [0.2, 0.25) is 0 Å². The fourth-order valence-corrected chi connectivity index (χ4v) is 3.98. The van der Waals surface area contributed by atoms with Crippen molar-refractivity contribution in [1.82, 2.24) is 14.9 Å². The molecule has 28 heavy (non-hydrogen) atoms. The standard InChI is InChI=1S/C21H21BN6/c22-18-13-27-28-20(18)16(9-23)19(15-6-2-1-3-7-15)17(10-24)21(28)26-12-14-5-4-8-25-11-14/h1-3,6-7,13-14,25-26H,4-5,8,11-12,22H2. The maximum atomic E-state index is 10.0. The normalized spacial score (nSPS) is 16.4. The monoisotopic (exact) mass is 368 g/mol. The number of rotatable bonds is 4. The van der Waals surface area contributed by atoms with Crippen molar-refractivity contribution in [2.75, 3.05) is 25.0 Å². The van der Waals surface area contributed by atoms with Crippen molar-refractivity contribution in [3.05, 3.63) is 47.7 Å². The zero-order valence-electron chi connectivity index (χ0n) is 15.9. The highest BCUT2D eigenvalue weighted by Crippen LogP contribution is 2.34. The van der Waals surface area contributed by atoms with E-state index < -0.39 is 0 Å². The van der Waals surface area contributed by atoms with Gasteiger partial charge < -0.3 is 10.6 Å². The Morgan fingerprint density at radius 2 is 2.00 bits per heavy atom. The topological polar surface area (TPSA) is 88.9 Å². The molecule has 0 spiro atoms. The van der Waals surface area contributed by atoms with E-state index in [1.165, 1.54) is 0 Å². The molecule has 3 heterocycles. The minimum atomic E-state index is 0.460. The molecule has 0 radical (unpaired) electrons. The minimum absolute atomic E-state index is 0.460. The summed E-state index contributed by atoms with van der Waals surface area (Å²) in [5, 5.41) is 31.3. The van der Waals surface area contributed by atoms with Crippen molar-refractivity contribution in [3.63, 3.8) is 0 Å². The molecule has 1 aliphatic rings. The summed E-state index contributed by atoms with van der Waals surface area (Å²) in [7, 11) is 1.94. The van der Waals surface area contributed by atoms with Gasteiger partial charge in [-0.15, -0.1) is 0 Å². The first-order valence-electron chi connectivity index (χ1n) is 9.59. The van der Waals surface area contributed by atoms with Gasteiger partial charge in [-0.3, -0.25) is 0 Å². The molecular weight excluding hydrogens is 347 g/mol. The number of aromatic nitrogens is 2. The van der Waals surface area contributed by atoms with Crippen molar-refractivity contribution in [2.45, 2.75) is 12.8 Å². The number of benzene rings is 1. The third-order valence-electron chi connectivity index (χ3n) is 5.38. The SMILES string of the molecule is Bc1cnn2c(NCC3CCCNC3)c(C#N)c(-c3ccccc3)c(C#N)c12. The third-order valence-corrected chi connectivity index (χ3v) is 5.38. The zero-order chi connectivity index (χ0) is 19.5. The van der Waals surface area contributed by atoms with Gasteiger partial charge in [-0.2, -0.15) is 15.6 Å². The van der Waals surface area contributed by atoms with Crippen LogP contribution in [0.4, 0.5) is 5.82 Å². The molecule has 3 aromatic rings. The molecule has 0 amide bonds. The average Bonchev–Trinajstić information content (AvgIpc) is 3.14. The fourth-order valence-electron chi connectivity index (χ4n) is 3.98. The van der Waals surface area contributed by atoms with Crippen molar-refractivity contribution < 1.29 is 0 Å². The lowest BCUT2D eigenvalue weighted by Crippen LogP contribution is -2.34. The first kappa shape index (κ1) is 18.1. The summed E-state index contributed by atoms with van der Waals surface area (Å²) in [5.41, 5.74) is 4.15. The highest BCUT2D eigenvalue weighted by molar-refractivity contribution is 6.37. The van der Waals surface area contributed by atoms with Gasteiger partial charge in [0, 0.05) is 18.3 Å². The first-order valence-corrected chi connectivity index (χ1v) is 9.59. The van der Waals surface area contributed by atoms with Crippen LogP contribution in [0.25, 0.3) is 16.6 Å². The van der Waals surface area contributed by atoms with E-state index in [4.69, 9.17) is 0 Å². The Bertz CT molecular complexity index is 1080. The van der Waals surface area contributed by atoms with Crippen LogP contribution in [0, 0.1) is 28.6 Å². The minimum Gasteiger partial charge on any atom is -0.369 e. The average molecular weight is 368 g/mol. The van der Waals surface area contributed by atoms with Gasteiger partial charge in [0.25, 0.3) is 0 Å². The Hall–Kier alpha value is -3.29. The first-order chi connectivity index (χ1) is 13.7. The summed E-state index contributed by atoms with van der Waals surface area (Å²) in [6.07, 6.45) is 4.07. The van der Waals surface area contributed by atoms with Crippen LogP contribution in [-0.4, -0.2) is 37.1 Å². The van der Waals surface area contributed by atoms with E-state index in [2.05, 4.69) is 27.9 Å². The summed E-state index contributed by atoms with van der Waals surface area (Å²) in [4.78, 5) is 0. The second kappa shape index (κ2) is 7.76. The Labute approximate surface area is 165 Å². The molecule has 1 saturated heterocycles. The van der Waals surface area contributed by atoms with Gasteiger partial charge >= 0.3 is 0 Å². The van der Waals surface area contributed by atoms with Gasteiger partial charge in [0.1, 0.15) is 31.4 Å². The molecule has 6 nitrogen and oxygen atoms in total. The van der Waals surface area contributed by atoms with Crippen LogP contribution < -0.4 is 16.1 Å². The molecule has 1 atom stereocenters. The van der Waals surface area contributed by atoms with E-state index in [-0.39, 0.29) is 0 Å². The van der Waals surface area contributed by atoms with Crippen LogP contribution in [-0.2, 0) is 0 Å². The smallest absolute Gasteiger partial charge is 0.146 e. The van der Waals surface area contributed by atoms with Gasteiger partial charge in [0.2, 0.25) is 0 Å². The van der Waals surface area contributed by atoms with Gasteiger partial charge in [0.05, 0.1) is 11.1 Å². The Morgan fingerprint density at radius 3 is 2.68 bits per heavy atom. The molecule has 1 aromatic carbocycles. The summed E-state index contributed by atoms with van der Waals surface area (Å²) in [6.45, 7) is 2.80. The molecule has 0 saturated carbocycles. The van der Waals surface area contributed by atoms with E-state index in [1.54, 1.807) is 10.7 Å². The maximum absolute atomic E-state index is 10.0. The second-order valence-electron chi connectivity index (χ2n) is 7.24. The van der Waals surface area contributed by atoms with Crippen LogP contribution in [0.3, 0.4) is 0 Å². The fraction of sp³-hybridized carbons (Fsp3) is 0.286. The van der Waals surface area contributed by atoms with Crippen LogP contribution in [0.1, 0.15) is 24.0 Å². The number of hydrogen-bond donors (Lipinski definition) is 2. The van der Waals surface area contributed by atoms with Gasteiger partial charge in [-0.05, 0) is 42.9 Å². The molecule has 2 aromatic heterocycles.